The summed E-state index contributed by atoms with van der Waals surface area (Å²) in [6, 6.07) is 23.6. The van der Waals surface area contributed by atoms with Crippen molar-refractivity contribution in [2.24, 2.45) is 0 Å². The quantitative estimate of drug-likeness (QED) is 0.461. The van der Waals surface area contributed by atoms with Gasteiger partial charge in [0.2, 0.25) is 0 Å². The lowest BCUT2D eigenvalue weighted by Crippen LogP contribution is -1.92. The third-order valence-electron chi connectivity index (χ3n) is 4.94. The molecule has 2 nitrogen and oxygen atoms in total. The van der Waals surface area contributed by atoms with Gasteiger partial charge in [0.15, 0.2) is 12.0 Å². The van der Waals surface area contributed by atoms with Gasteiger partial charge in [-0.3, -0.25) is 0 Å². The maximum Gasteiger partial charge on any atom is 0.181 e. The molecule has 0 amide bonds. The van der Waals surface area contributed by atoms with Gasteiger partial charge in [0.25, 0.3) is 0 Å². The lowest BCUT2D eigenvalue weighted by Gasteiger charge is -2.12. The SMILES string of the molecule is C(=C1c2ccccc2CCc2ccccc21)c1ccc2ocnc2c1. The van der Waals surface area contributed by atoms with Gasteiger partial charge in [-0.1, -0.05) is 54.6 Å². The van der Waals surface area contributed by atoms with Crippen LogP contribution in [0, 0.1) is 0 Å². The molecule has 0 saturated carbocycles. The molecule has 1 aliphatic rings. The highest BCUT2D eigenvalue weighted by atomic mass is 16.3. The van der Waals surface area contributed by atoms with Crippen LogP contribution in [0.2, 0.25) is 0 Å². The largest absolute Gasteiger partial charge is 0.443 e. The Morgan fingerprint density at radius 1 is 0.800 bits per heavy atom. The number of aryl methyl sites for hydroxylation is 2. The van der Waals surface area contributed by atoms with Crippen LogP contribution < -0.4 is 0 Å². The Hall–Kier alpha value is -3.13. The van der Waals surface area contributed by atoms with Gasteiger partial charge in [-0.2, -0.15) is 0 Å². The molecule has 0 spiro atoms. The van der Waals surface area contributed by atoms with E-state index < -0.39 is 0 Å². The fourth-order valence-corrected chi connectivity index (χ4v) is 3.70. The summed E-state index contributed by atoms with van der Waals surface area (Å²) in [5.41, 5.74) is 9.61. The summed E-state index contributed by atoms with van der Waals surface area (Å²) in [7, 11) is 0. The molecule has 1 aromatic heterocycles. The predicted molar refractivity (Wildman–Crippen MR) is 101 cm³/mol. The minimum absolute atomic E-state index is 0.823. The zero-order valence-corrected chi connectivity index (χ0v) is 13.8. The van der Waals surface area contributed by atoms with Gasteiger partial charge in [0.05, 0.1) is 0 Å². The Morgan fingerprint density at radius 2 is 1.48 bits per heavy atom. The summed E-state index contributed by atoms with van der Waals surface area (Å²) in [5.74, 6) is 0. The van der Waals surface area contributed by atoms with Crippen molar-refractivity contribution >= 4 is 22.7 Å². The molecule has 2 heteroatoms. The molecule has 4 aromatic rings. The van der Waals surface area contributed by atoms with Crippen LogP contribution in [0.15, 0.2) is 77.5 Å². The molecule has 0 N–H and O–H groups in total. The minimum atomic E-state index is 0.823. The van der Waals surface area contributed by atoms with Gasteiger partial charge in [-0.05, 0) is 64.4 Å². The van der Waals surface area contributed by atoms with Gasteiger partial charge >= 0.3 is 0 Å². The third-order valence-corrected chi connectivity index (χ3v) is 4.94. The third kappa shape index (κ3) is 2.47. The van der Waals surface area contributed by atoms with Crippen LogP contribution in [0.4, 0.5) is 0 Å². The first-order valence-corrected chi connectivity index (χ1v) is 8.60. The average molecular weight is 323 g/mol. The Bertz CT molecular complexity index is 1050. The molecule has 1 aliphatic carbocycles. The monoisotopic (exact) mass is 323 g/mol. The Balaban J connectivity index is 1.75. The highest BCUT2D eigenvalue weighted by Crippen LogP contribution is 2.35. The number of hydrogen-bond acceptors (Lipinski definition) is 2. The normalized spacial score (nSPS) is 13.2. The molecule has 0 bridgehead atoms. The van der Waals surface area contributed by atoms with Crippen LogP contribution in [0.3, 0.4) is 0 Å². The second kappa shape index (κ2) is 5.75. The molecule has 1 heterocycles. The molecule has 0 saturated heterocycles. The summed E-state index contributed by atoms with van der Waals surface area (Å²) in [6.07, 6.45) is 5.93. The molecular formula is C23H17NO. The summed E-state index contributed by atoms with van der Waals surface area (Å²) in [5, 5.41) is 0. The van der Waals surface area contributed by atoms with E-state index in [1.165, 1.54) is 34.2 Å². The van der Waals surface area contributed by atoms with Gasteiger partial charge in [0.1, 0.15) is 5.52 Å². The number of fused-ring (bicyclic) bond motifs is 3. The molecule has 25 heavy (non-hydrogen) atoms. The van der Waals surface area contributed by atoms with Crippen LogP contribution in [-0.4, -0.2) is 4.98 Å². The first kappa shape index (κ1) is 14.2. The molecule has 0 radical (unpaired) electrons. The lowest BCUT2D eigenvalue weighted by molar-refractivity contribution is 0.602. The highest BCUT2D eigenvalue weighted by Gasteiger charge is 2.17. The van der Waals surface area contributed by atoms with E-state index in [4.69, 9.17) is 4.42 Å². The standard InChI is InChI=1S/C23H17NO/c1-3-7-19-17(5-1)10-11-18-6-2-4-8-20(18)21(19)13-16-9-12-23-22(14-16)24-15-25-23/h1-9,12-15H,10-11H2. The molecule has 5 rings (SSSR count). The van der Waals surface area contributed by atoms with Crippen molar-refractivity contribution < 1.29 is 4.42 Å². The maximum atomic E-state index is 5.36. The zero-order valence-electron chi connectivity index (χ0n) is 13.8. The van der Waals surface area contributed by atoms with Crippen molar-refractivity contribution in [1.29, 1.82) is 0 Å². The van der Waals surface area contributed by atoms with E-state index in [9.17, 15) is 0 Å². The molecule has 0 aliphatic heterocycles. The lowest BCUT2D eigenvalue weighted by atomic mass is 9.92. The van der Waals surface area contributed by atoms with Crippen LogP contribution in [0.25, 0.3) is 22.7 Å². The van der Waals surface area contributed by atoms with E-state index in [-0.39, 0.29) is 0 Å². The van der Waals surface area contributed by atoms with Crippen molar-refractivity contribution in [3.8, 4) is 0 Å². The van der Waals surface area contributed by atoms with E-state index in [2.05, 4.69) is 71.7 Å². The van der Waals surface area contributed by atoms with E-state index in [1.807, 2.05) is 6.07 Å². The summed E-state index contributed by atoms with van der Waals surface area (Å²) >= 11 is 0. The van der Waals surface area contributed by atoms with Gasteiger partial charge in [0, 0.05) is 0 Å². The van der Waals surface area contributed by atoms with Gasteiger partial charge < -0.3 is 4.42 Å². The van der Waals surface area contributed by atoms with Crippen molar-refractivity contribution in [1.82, 2.24) is 4.98 Å². The number of oxazole rings is 1. The number of aromatic nitrogens is 1. The Morgan fingerprint density at radius 3 is 2.20 bits per heavy atom. The zero-order chi connectivity index (χ0) is 16.6. The van der Waals surface area contributed by atoms with Crippen molar-refractivity contribution in [2.75, 3.05) is 0 Å². The second-order valence-corrected chi connectivity index (χ2v) is 6.45. The fourth-order valence-electron chi connectivity index (χ4n) is 3.70. The van der Waals surface area contributed by atoms with Crippen molar-refractivity contribution in [3.63, 3.8) is 0 Å². The number of hydrogen-bond donors (Lipinski definition) is 0. The second-order valence-electron chi connectivity index (χ2n) is 6.45. The number of benzene rings is 3. The van der Waals surface area contributed by atoms with E-state index in [1.54, 1.807) is 0 Å². The predicted octanol–water partition coefficient (Wildman–Crippen LogP) is 5.52. The Kier molecular flexibility index (Phi) is 3.27. The van der Waals surface area contributed by atoms with Gasteiger partial charge in [-0.25, -0.2) is 4.98 Å². The highest BCUT2D eigenvalue weighted by molar-refractivity contribution is 5.95. The van der Waals surface area contributed by atoms with Crippen LogP contribution >= 0.6 is 0 Å². The van der Waals surface area contributed by atoms with Crippen LogP contribution in [0.1, 0.15) is 27.8 Å². The molecule has 0 atom stereocenters. The first-order valence-electron chi connectivity index (χ1n) is 8.60. The van der Waals surface area contributed by atoms with Crippen molar-refractivity contribution in [2.45, 2.75) is 12.8 Å². The number of rotatable bonds is 1. The van der Waals surface area contributed by atoms with Crippen LogP contribution in [0.5, 0.6) is 0 Å². The number of nitrogens with zero attached hydrogens (tertiary/aromatic N) is 1. The first-order chi connectivity index (χ1) is 12.4. The summed E-state index contributed by atoms with van der Waals surface area (Å²) in [6.45, 7) is 0. The van der Waals surface area contributed by atoms with E-state index in [0.29, 0.717) is 0 Å². The van der Waals surface area contributed by atoms with Gasteiger partial charge in [-0.15, -0.1) is 0 Å². The summed E-state index contributed by atoms with van der Waals surface area (Å²) in [4.78, 5) is 4.28. The summed E-state index contributed by atoms with van der Waals surface area (Å²) < 4.78 is 5.36. The molecular weight excluding hydrogens is 306 g/mol. The van der Waals surface area contributed by atoms with Crippen LogP contribution in [-0.2, 0) is 12.8 Å². The Labute approximate surface area is 146 Å². The van der Waals surface area contributed by atoms with Crippen molar-refractivity contribution in [3.05, 3.63) is 101 Å². The topological polar surface area (TPSA) is 26.0 Å². The molecule has 120 valence electrons. The van der Waals surface area contributed by atoms with E-state index in [0.717, 1.165) is 29.5 Å². The molecule has 3 aromatic carbocycles. The minimum Gasteiger partial charge on any atom is -0.443 e. The average Bonchev–Trinajstić information content (AvgIpc) is 3.07. The fraction of sp³-hybridized carbons (Fsp3) is 0.0870. The smallest absolute Gasteiger partial charge is 0.181 e. The molecule has 0 unspecified atom stereocenters. The molecule has 0 fully saturated rings. The van der Waals surface area contributed by atoms with E-state index >= 15 is 0 Å². The maximum absolute atomic E-state index is 5.36.